The third-order valence-electron chi connectivity index (χ3n) is 8.66. The van der Waals surface area contributed by atoms with Gasteiger partial charge in [-0.05, 0) is 18.4 Å². The fraction of sp³-hybridized carbons (Fsp3) is 0.577. The van der Waals surface area contributed by atoms with Crippen molar-refractivity contribution in [2.75, 3.05) is 31.7 Å². The smallest absolute Gasteiger partial charge is 0.386 e. The lowest BCUT2D eigenvalue weighted by Gasteiger charge is -2.22. The first-order chi connectivity index (χ1) is 23.6. The van der Waals surface area contributed by atoms with Crippen molar-refractivity contribution in [1.82, 2.24) is 33.6 Å². The molecule has 4 aromatic heterocycles. The zero-order valence-electron chi connectivity index (χ0n) is 25.6. The van der Waals surface area contributed by atoms with E-state index in [1.807, 2.05) is 10.8 Å². The average molecular weight is 761 g/mol. The standard InChI is InChI=1S/C26H34N8O11P2S2/c35-5-4-32-11-31-24-19(25(32)38)30-12-34(24)26-21(44-46(39)48)20(37)16(43-26)9-41-47(40,49)45-14-6-17(42-15(14)8-36)33-7-13-2-1-3-27-22-18(13)23(33)29-10-28-22/h7,10-12,14-17,20-21,26,35-37,46H,1-6,8-9H2,(H,39,48)(H,40,49)(H,27,28,29)/t14-,15+,16+,17+,20+,21+,26+,47?/m0/s1. The normalized spacial score (nSPS) is 28.9. The van der Waals surface area contributed by atoms with Gasteiger partial charge in [0.15, 0.2) is 17.4 Å². The van der Waals surface area contributed by atoms with Gasteiger partial charge in [-0.1, -0.05) is 24.5 Å². The van der Waals surface area contributed by atoms with E-state index in [9.17, 15) is 29.2 Å². The molecule has 2 unspecified atom stereocenters. The molecule has 19 nitrogen and oxygen atoms in total. The summed E-state index contributed by atoms with van der Waals surface area (Å²) in [7, 11) is -2.91. The van der Waals surface area contributed by atoms with Gasteiger partial charge in [0.25, 0.3) is 5.56 Å². The minimum absolute atomic E-state index is 0.0102. The zero-order valence-corrected chi connectivity index (χ0v) is 29.3. The van der Waals surface area contributed by atoms with Crippen LogP contribution in [0.1, 0.15) is 30.9 Å². The van der Waals surface area contributed by atoms with E-state index < -0.39 is 75.8 Å². The Kier molecular flexibility index (Phi) is 10.2. The van der Waals surface area contributed by atoms with E-state index in [0.717, 1.165) is 36.2 Å². The Labute approximate surface area is 288 Å². The van der Waals surface area contributed by atoms with Crippen molar-refractivity contribution >= 4 is 66.5 Å². The Bertz CT molecular complexity index is 1980. The largest absolute Gasteiger partial charge is 0.395 e. The first-order valence-electron chi connectivity index (χ1n) is 15.3. The Balaban J connectivity index is 1.05. The molecule has 9 atom stereocenters. The number of aromatic nitrogens is 7. The number of thiol groups is 2. The van der Waals surface area contributed by atoms with Gasteiger partial charge in [-0.3, -0.25) is 27.5 Å². The van der Waals surface area contributed by atoms with Gasteiger partial charge >= 0.3 is 6.80 Å². The van der Waals surface area contributed by atoms with E-state index in [2.05, 4.69) is 49.7 Å². The van der Waals surface area contributed by atoms with E-state index in [-0.39, 0.29) is 30.7 Å². The van der Waals surface area contributed by atoms with Gasteiger partial charge in [0, 0.05) is 19.2 Å². The molecule has 4 aromatic rings. The van der Waals surface area contributed by atoms with Crippen LogP contribution in [0.25, 0.3) is 22.2 Å². The van der Waals surface area contributed by atoms with Crippen molar-refractivity contribution in [1.29, 1.82) is 0 Å². The number of nitrogens with zero attached hydrogens (tertiary/aromatic N) is 7. The number of aliphatic hydroxyl groups excluding tert-OH is 3. The number of hydrogen-bond donors (Lipinski definition) is 6. The quantitative estimate of drug-likeness (QED) is 0.0875. The Morgan fingerprint density at radius 1 is 1.12 bits per heavy atom. The Hall–Kier alpha value is -2.39. The average Bonchev–Trinajstić information content (AvgIpc) is 3.80. The van der Waals surface area contributed by atoms with E-state index in [1.54, 1.807) is 0 Å². The Morgan fingerprint density at radius 2 is 1.96 bits per heavy atom. The second-order valence-corrected chi connectivity index (χ2v) is 16.4. The van der Waals surface area contributed by atoms with E-state index in [1.165, 1.54) is 28.1 Å². The summed E-state index contributed by atoms with van der Waals surface area (Å²) in [6, 6.07) is 0. The van der Waals surface area contributed by atoms with Crippen LogP contribution in [0.3, 0.4) is 0 Å². The molecule has 0 radical (unpaired) electrons. The highest BCUT2D eigenvalue weighted by molar-refractivity contribution is 8.44. The molecule has 4 N–H and O–H groups in total. The molecule has 7 rings (SSSR count). The molecule has 0 amide bonds. The minimum Gasteiger partial charge on any atom is -0.395 e. The number of nitrogens with one attached hydrogen (secondary N) is 1. The number of ether oxygens (including phenoxy) is 2. The third-order valence-corrected chi connectivity index (χ3v) is 11.1. The molecular formula is C26H34N8O11P2S2. The summed E-state index contributed by atoms with van der Waals surface area (Å²) in [6.45, 7) is -4.59. The van der Waals surface area contributed by atoms with Crippen LogP contribution >= 0.6 is 38.5 Å². The fourth-order valence-electron chi connectivity index (χ4n) is 6.43. The summed E-state index contributed by atoms with van der Waals surface area (Å²) < 4.78 is 58.8. The molecular weight excluding hydrogens is 726 g/mol. The molecule has 23 heteroatoms. The third kappa shape index (κ3) is 6.84. The highest BCUT2D eigenvalue weighted by atomic mass is 32.7. The molecule has 3 aliphatic heterocycles. The lowest BCUT2D eigenvalue weighted by atomic mass is 10.1. The monoisotopic (exact) mass is 760 g/mol. The lowest BCUT2D eigenvalue weighted by Crippen LogP contribution is -2.34. The van der Waals surface area contributed by atoms with Crippen molar-refractivity contribution in [2.24, 2.45) is 0 Å². The summed E-state index contributed by atoms with van der Waals surface area (Å²) in [4.78, 5) is 30.0. The van der Waals surface area contributed by atoms with Crippen LogP contribution in [0.2, 0.25) is 0 Å². The van der Waals surface area contributed by atoms with Gasteiger partial charge in [-0.15, -0.1) is 0 Å². The highest BCUT2D eigenvalue weighted by Gasteiger charge is 2.48. The van der Waals surface area contributed by atoms with Crippen molar-refractivity contribution in [3.63, 3.8) is 0 Å². The molecule has 0 saturated carbocycles. The van der Waals surface area contributed by atoms with Gasteiger partial charge in [-0.25, -0.2) is 24.5 Å². The first-order valence-corrected chi connectivity index (χ1v) is 20.6. The van der Waals surface area contributed by atoms with Crippen LogP contribution in [0.5, 0.6) is 0 Å². The van der Waals surface area contributed by atoms with Crippen LogP contribution in [-0.2, 0) is 45.1 Å². The van der Waals surface area contributed by atoms with Gasteiger partial charge in [0.2, 0.25) is 7.23 Å². The summed E-state index contributed by atoms with van der Waals surface area (Å²) in [5, 5.41) is 34.7. The van der Waals surface area contributed by atoms with E-state index >= 15 is 0 Å². The molecule has 3 aliphatic rings. The highest BCUT2D eigenvalue weighted by Crippen LogP contribution is 2.57. The van der Waals surface area contributed by atoms with Gasteiger partial charge < -0.3 is 39.2 Å². The maximum Gasteiger partial charge on any atom is 0.386 e. The number of aryl methyl sites for hydroxylation is 1. The number of rotatable bonds is 12. The molecule has 266 valence electrons. The van der Waals surface area contributed by atoms with Crippen LogP contribution in [0, 0.1) is 0 Å². The van der Waals surface area contributed by atoms with Crippen LogP contribution in [0.4, 0.5) is 5.82 Å². The topological polar surface area (TPSA) is 236 Å². The summed E-state index contributed by atoms with van der Waals surface area (Å²) in [5.41, 5.74) is 1.24. The molecule has 7 heterocycles. The summed E-state index contributed by atoms with van der Waals surface area (Å²) in [6.07, 6.45) is 0.299. The molecule has 49 heavy (non-hydrogen) atoms. The fourth-order valence-corrected chi connectivity index (χ4v) is 8.81. The predicted octanol–water partition coefficient (Wildman–Crippen LogP) is 1.07. The lowest BCUT2D eigenvalue weighted by molar-refractivity contribution is -0.0508. The zero-order chi connectivity index (χ0) is 34.4. The maximum atomic E-state index is 13.5. The summed E-state index contributed by atoms with van der Waals surface area (Å²) in [5.74, 6) is 0.737. The second-order valence-electron chi connectivity index (χ2n) is 11.7. The van der Waals surface area contributed by atoms with Crippen molar-refractivity contribution in [3.8, 4) is 0 Å². The SMILES string of the molecule is O=c1c2ncn([C@@H]3O[C@H](COP(=O)(S)O[C@H]4C[C@H](n5cc6c7c(ncnc75)NCCC6)O[C@@H]4CO)[C@@H](O)[C@H]3O[PH](=O)S)c2ncn1CCO. The van der Waals surface area contributed by atoms with Gasteiger partial charge in [0.1, 0.15) is 60.9 Å². The molecule has 0 spiro atoms. The van der Waals surface area contributed by atoms with Crippen molar-refractivity contribution < 1.29 is 47.5 Å². The molecule has 0 aliphatic carbocycles. The molecule has 0 bridgehead atoms. The maximum absolute atomic E-state index is 13.5. The van der Waals surface area contributed by atoms with Crippen molar-refractivity contribution in [3.05, 3.63) is 41.1 Å². The number of fused-ring (bicyclic) bond motifs is 1. The molecule has 0 aromatic carbocycles. The van der Waals surface area contributed by atoms with E-state index in [4.69, 9.17) is 23.0 Å². The van der Waals surface area contributed by atoms with Gasteiger partial charge in [-0.2, -0.15) is 0 Å². The number of aliphatic hydroxyl groups is 3. The first kappa shape index (κ1) is 35.0. The molecule has 2 fully saturated rings. The Morgan fingerprint density at radius 3 is 2.73 bits per heavy atom. The van der Waals surface area contributed by atoms with Crippen LogP contribution < -0.4 is 10.9 Å². The van der Waals surface area contributed by atoms with Crippen LogP contribution in [-0.4, -0.2) is 106 Å². The summed E-state index contributed by atoms with van der Waals surface area (Å²) >= 11 is 8.00. The van der Waals surface area contributed by atoms with Gasteiger partial charge in [0.05, 0.1) is 38.1 Å². The van der Waals surface area contributed by atoms with Crippen LogP contribution in [0.15, 0.2) is 30.0 Å². The van der Waals surface area contributed by atoms with Crippen molar-refractivity contribution in [2.45, 2.75) is 68.8 Å². The minimum atomic E-state index is -4.17. The predicted molar refractivity (Wildman–Crippen MR) is 179 cm³/mol. The second kappa shape index (κ2) is 14.3. The number of imidazole rings is 1. The number of anilines is 1. The number of hydrogen-bond acceptors (Lipinski definition) is 16. The van der Waals surface area contributed by atoms with E-state index in [0.29, 0.717) is 5.65 Å². The molecule has 2 saturated heterocycles.